The molecule has 214 valence electrons. The molecule has 9 heteroatoms. The topological polar surface area (TPSA) is 119 Å². The Morgan fingerprint density at radius 3 is 2.45 bits per heavy atom. The number of nitrogens with zero attached hydrogens (tertiary/aromatic N) is 6. The molecule has 0 saturated heterocycles. The SMILES string of the molecule is CC(=O)N(C)CCN(C)c1cccc(-c2ccc3nc(-c4cccnc4N)n(-c4ccc(C5(N)CCC5)cc4)c3n2)c1. The fourth-order valence-electron chi connectivity index (χ4n) is 5.43. The van der Waals surface area contributed by atoms with Crippen molar-refractivity contribution in [2.45, 2.75) is 31.7 Å². The monoisotopic (exact) mass is 560 g/mol. The normalized spacial score (nSPS) is 14.0. The van der Waals surface area contributed by atoms with E-state index >= 15 is 0 Å². The maximum Gasteiger partial charge on any atom is 0.219 e. The third kappa shape index (κ3) is 5.07. The van der Waals surface area contributed by atoms with Crippen molar-refractivity contribution < 1.29 is 4.79 Å². The summed E-state index contributed by atoms with van der Waals surface area (Å²) in [4.78, 5) is 29.9. The number of rotatable bonds is 8. The van der Waals surface area contributed by atoms with Crippen LogP contribution in [-0.4, -0.2) is 57.5 Å². The molecule has 6 rings (SSSR count). The number of anilines is 2. The number of aromatic nitrogens is 4. The zero-order chi connectivity index (χ0) is 29.4. The molecule has 1 aliphatic carbocycles. The summed E-state index contributed by atoms with van der Waals surface area (Å²) in [5.74, 6) is 1.15. The zero-order valence-electron chi connectivity index (χ0n) is 24.3. The Hall–Kier alpha value is -4.76. The molecule has 0 atom stereocenters. The first kappa shape index (κ1) is 27.4. The number of imidazole rings is 1. The molecule has 5 aromatic rings. The molecule has 3 heterocycles. The highest BCUT2D eigenvalue weighted by atomic mass is 16.2. The van der Waals surface area contributed by atoms with E-state index in [-0.39, 0.29) is 11.4 Å². The van der Waals surface area contributed by atoms with Gasteiger partial charge in [-0.3, -0.25) is 9.36 Å². The minimum Gasteiger partial charge on any atom is -0.383 e. The number of hydrogen-bond acceptors (Lipinski definition) is 7. The fraction of sp³-hybridized carbons (Fsp3) is 0.273. The Bertz CT molecular complexity index is 1760. The van der Waals surface area contributed by atoms with Crippen LogP contribution in [0.4, 0.5) is 11.5 Å². The largest absolute Gasteiger partial charge is 0.383 e. The van der Waals surface area contributed by atoms with Gasteiger partial charge in [-0.25, -0.2) is 15.0 Å². The third-order valence-corrected chi connectivity index (χ3v) is 8.42. The van der Waals surface area contributed by atoms with Crippen LogP contribution < -0.4 is 16.4 Å². The van der Waals surface area contributed by atoms with E-state index in [0.29, 0.717) is 18.2 Å². The van der Waals surface area contributed by atoms with Crippen molar-refractivity contribution >= 4 is 28.6 Å². The average Bonchev–Trinajstić information content (AvgIpc) is 3.37. The Morgan fingerprint density at radius 1 is 0.976 bits per heavy atom. The summed E-state index contributed by atoms with van der Waals surface area (Å²) >= 11 is 0. The summed E-state index contributed by atoms with van der Waals surface area (Å²) in [6, 6.07) is 24.5. The molecule has 3 aromatic heterocycles. The number of nitrogens with two attached hydrogens (primary N) is 2. The highest BCUT2D eigenvalue weighted by molar-refractivity contribution is 5.85. The fourth-order valence-corrected chi connectivity index (χ4v) is 5.43. The Balaban J connectivity index is 1.42. The van der Waals surface area contributed by atoms with Crippen molar-refractivity contribution in [3.63, 3.8) is 0 Å². The maximum absolute atomic E-state index is 11.6. The standard InChI is InChI=1S/C33H36N8O/c1-22(42)39(2)19-20-40(3)26-8-4-7-23(21-26)28-14-15-29-32(37-28)41(31(38-29)27-9-5-18-36-30(27)34)25-12-10-24(11-13-25)33(35)16-6-17-33/h4-5,7-15,18,21H,6,16-17,19-20,35H2,1-3H3,(H2,34,36). The number of fused-ring (bicyclic) bond motifs is 1. The van der Waals surface area contributed by atoms with Crippen molar-refractivity contribution in [3.05, 3.63) is 84.6 Å². The van der Waals surface area contributed by atoms with Gasteiger partial charge in [0.15, 0.2) is 11.5 Å². The number of likely N-dealkylation sites (N-methyl/N-ethyl adjacent to an activating group) is 2. The molecule has 1 fully saturated rings. The number of nitrogen functional groups attached to an aromatic ring is 1. The molecule has 0 aliphatic heterocycles. The van der Waals surface area contributed by atoms with Crippen molar-refractivity contribution in [3.8, 4) is 28.3 Å². The third-order valence-electron chi connectivity index (χ3n) is 8.42. The van der Waals surface area contributed by atoms with Gasteiger partial charge in [-0.1, -0.05) is 24.3 Å². The van der Waals surface area contributed by atoms with Crippen molar-refractivity contribution in [2.24, 2.45) is 5.73 Å². The lowest BCUT2D eigenvalue weighted by atomic mass is 9.73. The van der Waals surface area contributed by atoms with E-state index in [4.69, 9.17) is 21.4 Å². The minimum atomic E-state index is -0.239. The molecule has 9 nitrogen and oxygen atoms in total. The van der Waals surface area contributed by atoms with Crippen LogP contribution in [0, 0.1) is 0 Å². The van der Waals surface area contributed by atoms with Gasteiger partial charge in [0, 0.05) is 62.8 Å². The maximum atomic E-state index is 11.6. The highest BCUT2D eigenvalue weighted by Crippen LogP contribution is 2.39. The molecule has 0 bridgehead atoms. The lowest BCUT2D eigenvalue weighted by Crippen LogP contribution is -2.43. The summed E-state index contributed by atoms with van der Waals surface area (Å²) in [6.07, 6.45) is 4.85. The smallest absolute Gasteiger partial charge is 0.219 e. The second-order valence-corrected chi connectivity index (χ2v) is 11.2. The Morgan fingerprint density at radius 2 is 1.76 bits per heavy atom. The van der Waals surface area contributed by atoms with Crippen LogP contribution in [0.3, 0.4) is 0 Å². The van der Waals surface area contributed by atoms with E-state index in [1.165, 1.54) is 0 Å². The summed E-state index contributed by atoms with van der Waals surface area (Å²) in [6.45, 7) is 2.94. The van der Waals surface area contributed by atoms with Crippen LogP contribution in [0.15, 0.2) is 79.0 Å². The molecule has 1 saturated carbocycles. The van der Waals surface area contributed by atoms with Gasteiger partial charge in [-0.2, -0.15) is 0 Å². The highest BCUT2D eigenvalue weighted by Gasteiger charge is 2.34. The van der Waals surface area contributed by atoms with Gasteiger partial charge in [-0.05, 0) is 73.4 Å². The number of carbonyl (C=O) groups is 1. The predicted octanol–water partition coefficient (Wildman–Crippen LogP) is 4.98. The summed E-state index contributed by atoms with van der Waals surface area (Å²) in [5.41, 5.74) is 19.9. The molecule has 1 amide bonds. The molecular weight excluding hydrogens is 524 g/mol. The minimum absolute atomic E-state index is 0.0545. The van der Waals surface area contributed by atoms with E-state index in [0.717, 1.165) is 70.7 Å². The van der Waals surface area contributed by atoms with Crippen LogP contribution in [0.5, 0.6) is 0 Å². The van der Waals surface area contributed by atoms with Crippen LogP contribution >= 0.6 is 0 Å². The first-order chi connectivity index (χ1) is 20.2. The molecule has 42 heavy (non-hydrogen) atoms. The summed E-state index contributed by atoms with van der Waals surface area (Å²) in [7, 11) is 3.85. The van der Waals surface area contributed by atoms with E-state index < -0.39 is 0 Å². The molecule has 1 aliphatic rings. The number of carbonyl (C=O) groups excluding carboxylic acids is 1. The zero-order valence-corrected chi connectivity index (χ0v) is 24.3. The molecular formula is C33H36N8O. The lowest BCUT2D eigenvalue weighted by Gasteiger charge is -2.38. The van der Waals surface area contributed by atoms with Crippen molar-refractivity contribution in [1.82, 2.24) is 24.4 Å². The van der Waals surface area contributed by atoms with Gasteiger partial charge < -0.3 is 21.3 Å². The summed E-state index contributed by atoms with van der Waals surface area (Å²) < 4.78 is 2.05. The first-order valence-electron chi connectivity index (χ1n) is 14.3. The van der Waals surface area contributed by atoms with Crippen LogP contribution in [0.1, 0.15) is 31.7 Å². The van der Waals surface area contributed by atoms with E-state index in [1.807, 2.05) is 49.0 Å². The van der Waals surface area contributed by atoms with Gasteiger partial charge in [0.1, 0.15) is 11.3 Å². The van der Waals surface area contributed by atoms with E-state index in [1.54, 1.807) is 18.0 Å². The molecule has 0 spiro atoms. The van der Waals surface area contributed by atoms with Gasteiger partial charge in [-0.15, -0.1) is 0 Å². The van der Waals surface area contributed by atoms with Crippen LogP contribution in [-0.2, 0) is 10.3 Å². The van der Waals surface area contributed by atoms with Gasteiger partial charge in [0.2, 0.25) is 5.91 Å². The van der Waals surface area contributed by atoms with E-state index in [2.05, 4.69) is 52.3 Å². The quantitative estimate of drug-likeness (QED) is 0.275. The Kier molecular flexibility index (Phi) is 7.12. The average molecular weight is 561 g/mol. The predicted molar refractivity (Wildman–Crippen MR) is 168 cm³/mol. The number of pyridine rings is 2. The Labute approximate surface area is 245 Å². The number of amides is 1. The lowest BCUT2D eigenvalue weighted by molar-refractivity contribution is -0.127. The van der Waals surface area contributed by atoms with Gasteiger partial charge in [0.05, 0.1) is 11.3 Å². The molecule has 4 N–H and O–H groups in total. The second kappa shape index (κ2) is 10.9. The van der Waals surface area contributed by atoms with Crippen molar-refractivity contribution in [1.29, 1.82) is 0 Å². The van der Waals surface area contributed by atoms with Gasteiger partial charge in [0.25, 0.3) is 0 Å². The summed E-state index contributed by atoms with van der Waals surface area (Å²) in [5, 5.41) is 0. The molecule has 2 aromatic carbocycles. The number of benzene rings is 2. The van der Waals surface area contributed by atoms with Crippen LogP contribution in [0.2, 0.25) is 0 Å². The van der Waals surface area contributed by atoms with E-state index in [9.17, 15) is 4.79 Å². The molecule has 0 unspecified atom stereocenters. The molecule has 0 radical (unpaired) electrons. The first-order valence-corrected chi connectivity index (χ1v) is 14.3. The second-order valence-electron chi connectivity index (χ2n) is 11.2. The van der Waals surface area contributed by atoms with Crippen molar-refractivity contribution in [2.75, 3.05) is 37.8 Å². The van der Waals surface area contributed by atoms with Crippen LogP contribution in [0.25, 0.3) is 39.5 Å². The van der Waals surface area contributed by atoms with Gasteiger partial charge >= 0.3 is 0 Å². The number of hydrogen-bond donors (Lipinski definition) is 2.